The zero-order valence-corrected chi connectivity index (χ0v) is 12.7. The minimum Gasteiger partial charge on any atom is -0.337 e. The van der Waals surface area contributed by atoms with Crippen molar-refractivity contribution >= 4 is 33.2 Å². The van der Waals surface area contributed by atoms with Crippen LogP contribution in [0.25, 0.3) is 0 Å². The van der Waals surface area contributed by atoms with Gasteiger partial charge >= 0.3 is 0 Å². The second-order valence-corrected chi connectivity index (χ2v) is 7.36. The first-order valence-corrected chi connectivity index (χ1v) is 7.74. The number of carbonyl (C=O) groups excluding carboxylic acids is 1. The topological polar surface area (TPSA) is 20.3 Å². The Morgan fingerprint density at radius 2 is 2.06 bits per heavy atom. The Balaban J connectivity index is 2.03. The monoisotopic (exact) mass is 315 g/mol. The largest absolute Gasteiger partial charge is 0.337 e. The summed E-state index contributed by atoms with van der Waals surface area (Å²) in [4.78, 5) is 15.5. The highest BCUT2D eigenvalue weighted by Gasteiger charge is 2.28. The summed E-state index contributed by atoms with van der Waals surface area (Å²) in [7, 11) is 0. The molecule has 0 spiro atoms. The number of halogens is 1. The van der Waals surface area contributed by atoms with Gasteiger partial charge in [-0.2, -0.15) is 0 Å². The summed E-state index contributed by atoms with van der Waals surface area (Å²) < 4.78 is 1.10. The molecule has 2 nitrogen and oxygen atoms in total. The normalized spacial score (nSPS) is 25.0. The number of hydrogen-bond acceptors (Lipinski definition) is 2. The fourth-order valence-electron chi connectivity index (χ4n) is 2.60. The number of rotatable bonds is 2. The molecule has 2 rings (SSSR count). The van der Waals surface area contributed by atoms with E-state index in [1.807, 2.05) is 12.1 Å². The number of amides is 1. The Labute approximate surface area is 115 Å². The molecule has 0 radical (unpaired) electrons. The van der Waals surface area contributed by atoms with Gasteiger partial charge in [-0.15, -0.1) is 11.3 Å². The van der Waals surface area contributed by atoms with Crippen molar-refractivity contribution in [3.8, 4) is 0 Å². The first kappa shape index (κ1) is 13.1. The standard InChI is InChI=1S/C13H18BrNOS/c1-9-4-3-5-10(2)15(9)13(16)8-11-6-7-12(14)17-11/h6-7,9-10H,3-5,8H2,1-2H3. The Morgan fingerprint density at radius 1 is 1.41 bits per heavy atom. The summed E-state index contributed by atoms with van der Waals surface area (Å²) in [5.74, 6) is 0.277. The van der Waals surface area contributed by atoms with Crippen molar-refractivity contribution < 1.29 is 4.79 Å². The molecule has 4 heteroatoms. The minimum absolute atomic E-state index is 0.277. The van der Waals surface area contributed by atoms with E-state index in [1.54, 1.807) is 11.3 Å². The van der Waals surface area contributed by atoms with Crippen LogP contribution in [0.15, 0.2) is 15.9 Å². The molecule has 1 aromatic rings. The SMILES string of the molecule is CC1CCCC(C)N1C(=O)Cc1ccc(Br)s1. The van der Waals surface area contributed by atoms with Crippen molar-refractivity contribution in [2.24, 2.45) is 0 Å². The maximum absolute atomic E-state index is 12.3. The van der Waals surface area contributed by atoms with E-state index in [1.165, 1.54) is 6.42 Å². The molecule has 0 bridgehead atoms. The fraction of sp³-hybridized carbons (Fsp3) is 0.615. The molecule has 1 aromatic heterocycles. The van der Waals surface area contributed by atoms with Crippen molar-refractivity contribution in [1.29, 1.82) is 0 Å². The van der Waals surface area contributed by atoms with Gasteiger partial charge in [0.05, 0.1) is 10.2 Å². The van der Waals surface area contributed by atoms with Gasteiger partial charge in [0.1, 0.15) is 0 Å². The third-order valence-corrected chi connectivity index (χ3v) is 5.06. The van der Waals surface area contributed by atoms with Crippen LogP contribution in [0.1, 0.15) is 38.0 Å². The Morgan fingerprint density at radius 3 is 2.59 bits per heavy atom. The van der Waals surface area contributed by atoms with Gasteiger partial charge in [0, 0.05) is 17.0 Å². The highest BCUT2D eigenvalue weighted by atomic mass is 79.9. The average molecular weight is 316 g/mol. The van der Waals surface area contributed by atoms with E-state index in [0.717, 1.165) is 21.5 Å². The van der Waals surface area contributed by atoms with Gasteiger partial charge in [-0.05, 0) is 61.2 Å². The Hall–Kier alpha value is -0.350. The second-order valence-electron chi connectivity index (χ2n) is 4.81. The Bertz CT molecular complexity index is 394. The van der Waals surface area contributed by atoms with Crippen molar-refractivity contribution in [2.45, 2.75) is 51.6 Å². The summed E-state index contributed by atoms with van der Waals surface area (Å²) >= 11 is 5.09. The third-order valence-electron chi connectivity index (χ3n) is 3.44. The number of thiophene rings is 1. The molecule has 17 heavy (non-hydrogen) atoms. The van der Waals surface area contributed by atoms with Gasteiger partial charge in [0.15, 0.2) is 0 Å². The van der Waals surface area contributed by atoms with Crippen LogP contribution < -0.4 is 0 Å². The Kier molecular flexibility index (Phi) is 4.26. The van der Waals surface area contributed by atoms with Crippen LogP contribution >= 0.6 is 27.3 Å². The summed E-state index contributed by atoms with van der Waals surface area (Å²) in [6, 6.07) is 4.84. The first-order valence-electron chi connectivity index (χ1n) is 6.13. The summed E-state index contributed by atoms with van der Waals surface area (Å²) in [6.07, 6.45) is 4.08. The van der Waals surface area contributed by atoms with Gasteiger partial charge in [-0.1, -0.05) is 0 Å². The fourth-order valence-corrected chi connectivity index (χ4v) is 4.07. The average Bonchev–Trinajstić information content (AvgIpc) is 2.63. The number of piperidine rings is 1. The van der Waals surface area contributed by atoms with Gasteiger partial charge < -0.3 is 4.90 Å². The van der Waals surface area contributed by atoms with Crippen LogP contribution in [0, 0.1) is 0 Å². The molecule has 2 heterocycles. The molecule has 0 aliphatic carbocycles. The van der Waals surface area contributed by atoms with E-state index < -0.39 is 0 Å². The van der Waals surface area contributed by atoms with Crippen LogP contribution in [0.5, 0.6) is 0 Å². The van der Waals surface area contributed by atoms with E-state index >= 15 is 0 Å². The first-order chi connectivity index (χ1) is 8.08. The number of likely N-dealkylation sites (tertiary alicyclic amines) is 1. The van der Waals surface area contributed by atoms with Crippen molar-refractivity contribution in [2.75, 3.05) is 0 Å². The van der Waals surface area contributed by atoms with Gasteiger partial charge in [0.25, 0.3) is 0 Å². The lowest BCUT2D eigenvalue weighted by atomic mass is 9.97. The quantitative estimate of drug-likeness (QED) is 0.812. The molecule has 0 aromatic carbocycles. The molecule has 1 fully saturated rings. The predicted octanol–water partition coefficient (Wildman–Crippen LogP) is 3.84. The van der Waals surface area contributed by atoms with E-state index in [-0.39, 0.29) is 5.91 Å². The molecule has 1 aliphatic rings. The van der Waals surface area contributed by atoms with Crippen LogP contribution in [0.3, 0.4) is 0 Å². The maximum Gasteiger partial charge on any atom is 0.228 e. The predicted molar refractivity (Wildman–Crippen MR) is 75.3 cm³/mol. The molecular formula is C13H18BrNOS. The van der Waals surface area contributed by atoms with Crippen LogP contribution in [-0.4, -0.2) is 22.9 Å². The van der Waals surface area contributed by atoms with Crippen LogP contribution in [-0.2, 0) is 11.2 Å². The van der Waals surface area contributed by atoms with Gasteiger partial charge in [-0.3, -0.25) is 4.79 Å². The lowest BCUT2D eigenvalue weighted by Crippen LogP contribution is -2.48. The van der Waals surface area contributed by atoms with Crippen LogP contribution in [0.2, 0.25) is 0 Å². The van der Waals surface area contributed by atoms with E-state index in [0.29, 0.717) is 18.5 Å². The highest BCUT2D eigenvalue weighted by molar-refractivity contribution is 9.11. The van der Waals surface area contributed by atoms with E-state index in [9.17, 15) is 4.79 Å². The molecule has 1 aliphatic heterocycles. The van der Waals surface area contributed by atoms with Crippen LogP contribution in [0.4, 0.5) is 0 Å². The zero-order chi connectivity index (χ0) is 12.4. The van der Waals surface area contributed by atoms with Crippen molar-refractivity contribution in [3.63, 3.8) is 0 Å². The zero-order valence-electron chi connectivity index (χ0n) is 10.3. The third kappa shape index (κ3) is 3.10. The summed E-state index contributed by atoms with van der Waals surface area (Å²) in [5, 5.41) is 0. The number of nitrogens with zero attached hydrogens (tertiary/aromatic N) is 1. The molecule has 0 N–H and O–H groups in total. The summed E-state index contributed by atoms with van der Waals surface area (Å²) in [6.45, 7) is 4.33. The lowest BCUT2D eigenvalue weighted by Gasteiger charge is -2.39. The highest BCUT2D eigenvalue weighted by Crippen LogP contribution is 2.26. The van der Waals surface area contributed by atoms with E-state index in [4.69, 9.17) is 0 Å². The molecule has 94 valence electrons. The lowest BCUT2D eigenvalue weighted by molar-refractivity contribution is -0.136. The van der Waals surface area contributed by atoms with E-state index in [2.05, 4.69) is 34.7 Å². The molecule has 2 atom stereocenters. The second kappa shape index (κ2) is 5.53. The molecule has 2 unspecified atom stereocenters. The van der Waals surface area contributed by atoms with Gasteiger partial charge in [-0.25, -0.2) is 0 Å². The smallest absolute Gasteiger partial charge is 0.228 e. The number of carbonyl (C=O) groups is 1. The maximum atomic E-state index is 12.3. The molecule has 1 amide bonds. The summed E-state index contributed by atoms with van der Waals surface area (Å²) in [5.41, 5.74) is 0. The van der Waals surface area contributed by atoms with Crippen molar-refractivity contribution in [1.82, 2.24) is 4.90 Å². The molecule has 1 saturated heterocycles. The van der Waals surface area contributed by atoms with Crippen molar-refractivity contribution in [3.05, 3.63) is 20.8 Å². The molecular weight excluding hydrogens is 298 g/mol. The molecule has 0 saturated carbocycles. The van der Waals surface area contributed by atoms with Gasteiger partial charge in [0.2, 0.25) is 5.91 Å². The number of hydrogen-bond donors (Lipinski definition) is 0. The minimum atomic E-state index is 0.277.